The first kappa shape index (κ1) is 23.7. The Labute approximate surface area is 197 Å². The van der Waals surface area contributed by atoms with Crippen molar-refractivity contribution in [2.75, 3.05) is 19.9 Å². The largest absolute Gasteiger partial charge is 0.508 e. The molecule has 1 heterocycles. The third kappa shape index (κ3) is 5.53. The Morgan fingerprint density at radius 2 is 1.91 bits per heavy atom. The first-order valence-corrected chi connectivity index (χ1v) is 11.1. The number of phenols is 1. The molecular weight excluding hydrogens is 438 g/mol. The normalized spacial score (nSPS) is 21.7. The second-order valence-corrected chi connectivity index (χ2v) is 8.02. The number of aromatic hydroxyl groups is 1. The fourth-order valence-electron chi connectivity index (χ4n) is 4.03. The van der Waals surface area contributed by atoms with E-state index >= 15 is 0 Å². The zero-order valence-corrected chi connectivity index (χ0v) is 18.6. The molecular formula is C26H27NO7. The van der Waals surface area contributed by atoms with Gasteiger partial charge in [-0.05, 0) is 35.8 Å². The van der Waals surface area contributed by atoms with Crippen LogP contribution in [0.3, 0.4) is 0 Å². The Morgan fingerprint density at radius 3 is 2.74 bits per heavy atom. The molecule has 1 aliphatic heterocycles. The molecule has 0 unspecified atom stereocenters. The van der Waals surface area contributed by atoms with E-state index in [1.807, 2.05) is 36.4 Å². The van der Waals surface area contributed by atoms with Gasteiger partial charge in [0.05, 0.1) is 12.2 Å². The van der Waals surface area contributed by atoms with Crippen LogP contribution in [-0.4, -0.2) is 60.3 Å². The number of allylic oxidation sites excluding steroid dienone is 1. The van der Waals surface area contributed by atoms with Crippen LogP contribution in [-0.2, 0) is 25.4 Å². The van der Waals surface area contributed by atoms with Crippen LogP contribution in [0.1, 0.15) is 27.9 Å². The van der Waals surface area contributed by atoms with Crippen LogP contribution < -0.4 is 5.32 Å². The highest BCUT2D eigenvalue weighted by atomic mass is 16.7. The van der Waals surface area contributed by atoms with E-state index in [0.29, 0.717) is 23.1 Å². The Bertz CT molecular complexity index is 1090. The molecule has 1 fully saturated rings. The number of carbonyl (C=O) groups excluding carboxylic acids is 2. The van der Waals surface area contributed by atoms with Gasteiger partial charge >= 0.3 is 5.97 Å². The minimum atomic E-state index is -0.696. The fourth-order valence-corrected chi connectivity index (χ4v) is 4.03. The molecule has 3 N–H and O–H groups in total. The van der Waals surface area contributed by atoms with Gasteiger partial charge in [-0.1, -0.05) is 48.6 Å². The zero-order chi connectivity index (χ0) is 23.9. The SMILES string of the molecule is O=C(NCCO)C1=C[C@H]2OCO[C@H]2[C@H](OC(=O)c2ccccc2C=CCc2ccccc2O)C1. The van der Waals surface area contributed by atoms with Crippen LogP contribution in [0, 0.1) is 0 Å². The van der Waals surface area contributed by atoms with Crippen molar-refractivity contribution in [1.29, 1.82) is 0 Å². The van der Waals surface area contributed by atoms with Gasteiger partial charge in [-0.15, -0.1) is 0 Å². The van der Waals surface area contributed by atoms with Crippen molar-refractivity contribution in [3.63, 3.8) is 0 Å². The number of fused-ring (bicyclic) bond motifs is 1. The highest BCUT2D eigenvalue weighted by Gasteiger charge is 2.42. The molecule has 8 heteroatoms. The Balaban J connectivity index is 1.47. The van der Waals surface area contributed by atoms with Crippen molar-refractivity contribution in [2.24, 2.45) is 0 Å². The van der Waals surface area contributed by atoms with Crippen molar-refractivity contribution in [1.82, 2.24) is 5.32 Å². The number of amides is 1. The highest BCUT2D eigenvalue weighted by molar-refractivity contribution is 5.95. The smallest absolute Gasteiger partial charge is 0.339 e. The summed E-state index contributed by atoms with van der Waals surface area (Å²) in [6.07, 6.45) is 4.37. The maximum Gasteiger partial charge on any atom is 0.339 e. The van der Waals surface area contributed by atoms with Crippen LogP contribution in [0.15, 0.2) is 66.3 Å². The molecule has 1 saturated heterocycles. The van der Waals surface area contributed by atoms with E-state index in [4.69, 9.17) is 19.3 Å². The summed E-state index contributed by atoms with van der Waals surface area (Å²) in [5.74, 6) is -0.645. The lowest BCUT2D eigenvalue weighted by Gasteiger charge is -2.30. The van der Waals surface area contributed by atoms with Gasteiger partial charge in [0.2, 0.25) is 5.91 Å². The number of ether oxygens (including phenoxy) is 3. The molecule has 2 aromatic rings. The van der Waals surface area contributed by atoms with Crippen LogP contribution in [0.5, 0.6) is 5.75 Å². The van der Waals surface area contributed by atoms with Gasteiger partial charge in [0, 0.05) is 18.5 Å². The summed E-state index contributed by atoms with van der Waals surface area (Å²) in [4.78, 5) is 25.5. The van der Waals surface area contributed by atoms with Crippen LogP contribution in [0.2, 0.25) is 0 Å². The average molecular weight is 466 g/mol. The first-order chi connectivity index (χ1) is 16.6. The van der Waals surface area contributed by atoms with Gasteiger partial charge in [-0.2, -0.15) is 0 Å². The second kappa shape index (κ2) is 11.1. The monoisotopic (exact) mass is 465 g/mol. The molecule has 2 aliphatic rings. The Kier molecular flexibility index (Phi) is 7.74. The van der Waals surface area contributed by atoms with Gasteiger partial charge in [-0.3, -0.25) is 4.79 Å². The number of esters is 1. The van der Waals surface area contributed by atoms with E-state index in [0.717, 1.165) is 5.56 Å². The third-order valence-electron chi connectivity index (χ3n) is 5.75. The molecule has 0 bridgehead atoms. The molecule has 1 aliphatic carbocycles. The zero-order valence-electron chi connectivity index (χ0n) is 18.6. The van der Waals surface area contributed by atoms with Gasteiger partial charge in [0.1, 0.15) is 30.9 Å². The van der Waals surface area contributed by atoms with Crippen molar-refractivity contribution < 1.29 is 34.0 Å². The number of aliphatic hydroxyl groups excluding tert-OH is 1. The summed E-state index contributed by atoms with van der Waals surface area (Å²) in [6, 6.07) is 14.2. The van der Waals surface area contributed by atoms with Crippen molar-refractivity contribution in [3.8, 4) is 5.75 Å². The minimum Gasteiger partial charge on any atom is -0.508 e. The van der Waals surface area contributed by atoms with Crippen LogP contribution in [0.4, 0.5) is 0 Å². The maximum absolute atomic E-state index is 13.1. The second-order valence-electron chi connectivity index (χ2n) is 8.02. The summed E-state index contributed by atoms with van der Waals surface area (Å²) in [7, 11) is 0. The summed E-state index contributed by atoms with van der Waals surface area (Å²) in [5, 5.41) is 21.5. The molecule has 178 valence electrons. The van der Waals surface area contributed by atoms with Crippen molar-refractivity contribution in [3.05, 3.63) is 82.9 Å². The number of hydrogen-bond donors (Lipinski definition) is 3. The summed E-state index contributed by atoms with van der Waals surface area (Å²) in [5.41, 5.74) is 2.26. The molecule has 4 rings (SSSR count). The average Bonchev–Trinajstić information content (AvgIpc) is 3.33. The Hall–Kier alpha value is -3.46. The molecule has 0 aromatic heterocycles. The lowest BCUT2D eigenvalue weighted by Crippen LogP contribution is -2.43. The molecule has 1 amide bonds. The van der Waals surface area contributed by atoms with E-state index < -0.39 is 24.3 Å². The maximum atomic E-state index is 13.1. The number of rotatable bonds is 8. The summed E-state index contributed by atoms with van der Waals surface area (Å²) in [6.45, 7) is 0.0148. The minimum absolute atomic E-state index is 0.0527. The quantitative estimate of drug-likeness (QED) is 0.513. The standard InChI is InChI=1S/C26H27NO7/c28-13-12-27-25(30)19-14-22-24(33-16-32-22)23(15-19)34-26(31)20-10-3-1-6-17(20)8-5-9-18-7-2-4-11-21(18)29/h1-8,10-11,14,22-24,28-29H,9,12-13,15-16H2,(H,27,30)/t22-,23-,24-/m1/s1. The predicted molar refractivity (Wildman–Crippen MR) is 124 cm³/mol. The lowest BCUT2D eigenvalue weighted by molar-refractivity contribution is -0.118. The number of benzene rings is 2. The van der Waals surface area contributed by atoms with Gasteiger partial charge in [-0.25, -0.2) is 4.79 Å². The van der Waals surface area contributed by atoms with Crippen molar-refractivity contribution in [2.45, 2.75) is 31.2 Å². The van der Waals surface area contributed by atoms with Gasteiger partial charge in [0.15, 0.2) is 0 Å². The fraction of sp³-hybridized carbons (Fsp3) is 0.308. The first-order valence-electron chi connectivity index (χ1n) is 11.1. The third-order valence-corrected chi connectivity index (χ3v) is 5.75. The van der Waals surface area contributed by atoms with Crippen LogP contribution in [0.25, 0.3) is 6.08 Å². The lowest BCUT2D eigenvalue weighted by atomic mass is 9.91. The number of nitrogens with one attached hydrogen (secondary N) is 1. The summed E-state index contributed by atoms with van der Waals surface area (Å²) < 4.78 is 17.0. The molecule has 0 saturated carbocycles. The Morgan fingerprint density at radius 1 is 1.12 bits per heavy atom. The molecule has 2 aromatic carbocycles. The molecule has 34 heavy (non-hydrogen) atoms. The van der Waals surface area contributed by atoms with E-state index in [-0.39, 0.29) is 38.0 Å². The number of carbonyl (C=O) groups is 2. The van der Waals surface area contributed by atoms with Gasteiger partial charge < -0.3 is 29.7 Å². The predicted octanol–water partition coefficient (Wildman–Crippen LogP) is 2.35. The number of para-hydroxylation sites is 1. The van der Waals surface area contributed by atoms with Gasteiger partial charge in [0.25, 0.3) is 0 Å². The molecule has 0 spiro atoms. The highest BCUT2D eigenvalue weighted by Crippen LogP contribution is 2.31. The summed E-state index contributed by atoms with van der Waals surface area (Å²) >= 11 is 0. The molecule has 0 radical (unpaired) electrons. The molecule has 3 atom stereocenters. The van der Waals surface area contributed by atoms with E-state index in [2.05, 4.69) is 5.32 Å². The van der Waals surface area contributed by atoms with Crippen molar-refractivity contribution >= 4 is 18.0 Å². The number of hydrogen-bond acceptors (Lipinski definition) is 7. The topological polar surface area (TPSA) is 114 Å². The van der Waals surface area contributed by atoms with Crippen LogP contribution >= 0.6 is 0 Å². The van der Waals surface area contributed by atoms with E-state index in [9.17, 15) is 14.7 Å². The number of aliphatic hydroxyl groups is 1. The number of phenolic OH excluding ortho intramolecular Hbond substituents is 1. The van der Waals surface area contributed by atoms with E-state index in [1.165, 1.54) is 0 Å². The molecule has 8 nitrogen and oxygen atoms in total. The van der Waals surface area contributed by atoms with E-state index in [1.54, 1.807) is 30.3 Å².